The molecular weight excluding hydrogens is 242 g/mol. The van der Waals surface area contributed by atoms with Crippen molar-refractivity contribution in [2.24, 2.45) is 0 Å². The van der Waals surface area contributed by atoms with Crippen molar-refractivity contribution in [2.45, 2.75) is 25.2 Å². The summed E-state index contributed by atoms with van der Waals surface area (Å²) in [7, 11) is 0. The second-order valence-electron chi connectivity index (χ2n) is 3.26. The second kappa shape index (κ2) is 5.15. The van der Waals surface area contributed by atoms with E-state index in [1.165, 1.54) is 5.56 Å². The van der Waals surface area contributed by atoms with E-state index < -0.39 is 0 Å². The van der Waals surface area contributed by atoms with Crippen LogP contribution in [0.5, 0.6) is 0 Å². The van der Waals surface area contributed by atoms with Gasteiger partial charge in [-0.05, 0) is 25.0 Å². The van der Waals surface area contributed by atoms with Crippen LogP contribution in [0.4, 0.5) is 0 Å². The molecule has 0 aliphatic rings. The Kier molecular flexibility index (Phi) is 4.14. The maximum Gasteiger partial charge on any atom is 0.233 e. The largest absolute Gasteiger partial charge is 0.351 e. The molecule has 0 fully saturated rings. The van der Waals surface area contributed by atoms with Crippen molar-refractivity contribution in [2.75, 3.05) is 0 Å². The molecular formula is C11H14BrNO. The smallest absolute Gasteiger partial charge is 0.233 e. The Morgan fingerprint density at radius 2 is 2.14 bits per heavy atom. The standard InChI is InChI=1S/C11H14BrNO/c1-8-5-3-4-6-10(8)7-13-11(14)9(2)12/h3-6,9H,7H2,1-2H3,(H,13,14). The highest BCUT2D eigenvalue weighted by Crippen LogP contribution is 2.06. The fraction of sp³-hybridized carbons (Fsp3) is 0.364. The lowest BCUT2D eigenvalue weighted by Crippen LogP contribution is -2.28. The van der Waals surface area contributed by atoms with E-state index >= 15 is 0 Å². The summed E-state index contributed by atoms with van der Waals surface area (Å²) in [5.74, 6) is 0.0215. The molecule has 1 aromatic carbocycles. The first-order chi connectivity index (χ1) is 6.61. The summed E-state index contributed by atoms with van der Waals surface area (Å²) in [6.07, 6.45) is 0. The second-order valence-corrected chi connectivity index (χ2v) is 4.63. The van der Waals surface area contributed by atoms with Crippen molar-refractivity contribution in [1.82, 2.24) is 5.32 Å². The Bertz CT molecular complexity index is 323. The number of hydrogen-bond donors (Lipinski definition) is 1. The molecule has 0 saturated heterocycles. The molecule has 0 aromatic heterocycles. The quantitative estimate of drug-likeness (QED) is 0.826. The Morgan fingerprint density at radius 3 is 2.71 bits per heavy atom. The molecule has 3 heteroatoms. The molecule has 1 atom stereocenters. The number of nitrogens with one attached hydrogen (secondary N) is 1. The monoisotopic (exact) mass is 255 g/mol. The van der Waals surface area contributed by atoms with E-state index in [-0.39, 0.29) is 10.7 Å². The van der Waals surface area contributed by atoms with E-state index in [4.69, 9.17) is 0 Å². The third kappa shape index (κ3) is 3.14. The summed E-state index contributed by atoms with van der Waals surface area (Å²) in [5, 5.41) is 2.85. The predicted octanol–water partition coefficient (Wildman–Crippen LogP) is 2.39. The van der Waals surface area contributed by atoms with Crippen LogP contribution in [0.2, 0.25) is 0 Å². The summed E-state index contributed by atoms with van der Waals surface area (Å²) in [6.45, 7) is 4.45. The Balaban J connectivity index is 2.54. The SMILES string of the molecule is Cc1ccccc1CNC(=O)C(C)Br. The van der Waals surface area contributed by atoms with Crippen LogP contribution in [0.1, 0.15) is 18.1 Å². The van der Waals surface area contributed by atoms with Gasteiger partial charge in [0.1, 0.15) is 0 Å². The molecule has 1 amide bonds. The number of carbonyl (C=O) groups is 1. The minimum atomic E-state index is -0.133. The van der Waals surface area contributed by atoms with Crippen molar-refractivity contribution in [3.63, 3.8) is 0 Å². The lowest BCUT2D eigenvalue weighted by atomic mass is 10.1. The molecule has 0 radical (unpaired) electrons. The molecule has 0 heterocycles. The summed E-state index contributed by atoms with van der Waals surface area (Å²) in [4.78, 5) is 11.1. The Hall–Kier alpha value is -0.830. The third-order valence-corrected chi connectivity index (χ3v) is 2.49. The van der Waals surface area contributed by atoms with Crippen LogP contribution >= 0.6 is 15.9 Å². The van der Waals surface area contributed by atoms with Gasteiger partial charge in [-0.1, -0.05) is 40.2 Å². The fourth-order valence-electron chi connectivity index (χ4n) is 1.13. The van der Waals surface area contributed by atoms with Crippen LogP contribution in [-0.2, 0) is 11.3 Å². The number of benzene rings is 1. The third-order valence-electron chi connectivity index (χ3n) is 2.08. The molecule has 1 rings (SSSR count). The van der Waals surface area contributed by atoms with E-state index in [0.29, 0.717) is 6.54 Å². The van der Waals surface area contributed by atoms with Crippen LogP contribution in [0.25, 0.3) is 0 Å². The molecule has 14 heavy (non-hydrogen) atoms. The van der Waals surface area contributed by atoms with Crippen LogP contribution in [0.3, 0.4) is 0 Å². The summed E-state index contributed by atoms with van der Waals surface area (Å²) < 4.78 is 0. The fourth-order valence-corrected chi connectivity index (χ4v) is 1.29. The number of rotatable bonds is 3. The van der Waals surface area contributed by atoms with E-state index in [1.54, 1.807) is 0 Å². The normalized spacial score (nSPS) is 12.2. The Morgan fingerprint density at radius 1 is 1.50 bits per heavy atom. The molecule has 0 saturated carbocycles. The molecule has 2 nitrogen and oxygen atoms in total. The lowest BCUT2D eigenvalue weighted by molar-refractivity contribution is -0.120. The predicted molar refractivity (Wildman–Crippen MR) is 61.4 cm³/mol. The van der Waals surface area contributed by atoms with Gasteiger partial charge in [0.15, 0.2) is 0 Å². The van der Waals surface area contributed by atoms with Gasteiger partial charge in [0.2, 0.25) is 5.91 Å². The van der Waals surface area contributed by atoms with Gasteiger partial charge in [-0.2, -0.15) is 0 Å². The lowest BCUT2D eigenvalue weighted by Gasteiger charge is -2.08. The number of hydrogen-bond acceptors (Lipinski definition) is 1. The van der Waals surface area contributed by atoms with E-state index in [2.05, 4.69) is 21.2 Å². The van der Waals surface area contributed by atoms with Crippen molar-refractivity contribution < 1.29 is 4.79 Å². The molecule has 0 bridgehead atoms. The van der Waals surface area contributed by atoms with Crippen molar-refractivity contribution in [3.05, 3.63) is 35.4 Å². The molecule has 1 aromatic rings. The van der Waals surface area contributed by atoms with Gasteiger partial charge in [0.05, 0.1) is 4.83 Å². The molecule has 76 valence electrons. The maximum absolute atomic E-state index is 11.3. The van der Waals surface area contributed by atoms with E-state index in [1.807, 2.05) is 38.1 Å². The Labute approximate surface area is 92.8 Å². The van der Waals surface area contributed by atoms with Crippen LogP contribution in [0, 0.1) is 6.92 Å². The molecule has 1 unspecified atom stereocenters. The number of amides is 1. The van der Waals surface area contributed by atoms with Gasteiger partial charge in [-0.3, -0.25) is 4.79 Å². The van der Waals surface area contributed by atoms with Crippen LogP contribution in [-0.4, -0.2) is 10.7 Å². The van der Waals surface area contributed by atoms with Gasteiger partial charge in [-0.15, -0.1) is 0 Å². The molecule has 0 aliphatic carbocycles. The molecule has 1 N–H and O–H groups in total. The minimum Gasteiger partial charge on any atom is -0.351 e. The highest BCUT2D eigenvalue weighted by atomic mass is 79.9. The first kappa shape index (κ1) is 11.2. The first-order valence-electron chi connectivity index (χ1n) is 4.57. The molecule has 0 spiro atoms. The maximum atomic E-state index is 11.3. The highest BCUT2D eigenvalue weighted by molar-refractivity contribution is 9.10. The average molecular weight is 256 g/mol. The van der Waals surface area contributed by atoms with Crippen LogP contribution < -0.4 is 5.32 Å². The zero-order valence-corrected chi connectivity index (χ0v) is 9.97. The summed E-state index contributed by atoms with van der Waals surface area (Å²) in [6, 6.07) is 8.04. The summed E-state index contributed by atoms with van der Waals surface area (Å²) >= 11 is 3.22. The first-order valence-corrected chi connectivity index (χ1v) is 5.49. The molecule has 0 aliphatic heterocycles. The van der Waals surface area contributed by atoms with Crippen LogP contribution in [0.15, 0.2) is 24.3 Å². The highest BCUT2D eigenvalue weighted by Gasteiger charge is 2.07. The van der Waals surface area contributed by atoms with Crippen molar-refractivity contribution >= 4 is 21.8 Å². The average Bonchev–Trinajstić information content (AvgIpc) is 2.16. The number of halogens is 1. The number of alkyl halides is 1. The topological polar surface area (TPSA) is 29.1 Å². The van der Waals surface area contributed by atoms with Gasteiger partial charge >= 0.3 is 0 Å². The van der Waals surface area contributed by atoms with E-state index in [0.717, 1.165) is 5.56 Å². The number of aryl methyl sites for hydroxylation is 1. The van der Waals surface area contributed by atoms with Gasteiger partial charge in [-0.25, -0.2) is 0 Å². The minimum absolute atomic E-state index is 0.0215. The number of carbonyl (C=O) groups excluding carboxylic acids is 1. The van der Waals surface area contributed by atoms with Crippen molar-refractivity contribution in [3.8, 4) is 0 Å². The van der Waals surface area contributed by atoms with Gasteiger partial charge in [0.25, 0.3) is 0 Å². The van der Waals surface area contributed by atoms with E-state index in [9.17, 15) is 4.79 Å². The van der Waals surface area contributed by atoms with Gasteiger partial charge in [0, 0.05) is 6.54 Å². The summed E-state index contributed by atoms with van der Waals surface area (Å²) in [5.41, 5.74) is 2.36. The van der Waals surface area contributed by atoms with Gasteiger partial charge < -0.3 is 5.32 Å². The van der Waals surface area contributed by atoms with Crippen molar-refractivity contribution in [1.29, 1.82) is 0 Å². The zero-order chi connectivity index (χ0) is 10.6. The zero-order valence-electron chi connectivity index (χ0n) is 8.38.